The predicted molar refractivity (Wildman–Crippen MR) is 91.8 cm³/mol. The van der Waals surface area contributed by atoms with Crippen LogP contribution in [0, 0.1) is 0 Å². The summed E-state index contributed by atoms with van der Waals surface area (Å²) in [5, 5.41) is 2.77. The first kappa shape index (κ1) is 17.0. The van der Waals surface area contributed by atoms with Gasteiger partial charge in [0.25, 0.3) is 0 Å². The van der Waals surface area contributed by atoms with Gasteiger partial charge in [-0.3, -0.25) is 5.32 Å². The number of para-hydroxylation sites is 1. The maximum Gasteiger partial charge on any atom is 0.412 e. The molecule has 1 heterocycles. The number of amides is 1. The highest BCUT2D eigenvalue weighted by Crippen LogP contribution is 2.31. The van der Waals surface area contributed by atoms with Gasteiger partial charge in [0.1, 0.15) is 6.10 Å². The number of allylic oxidation sites excluding steroid dienone is 1. The molecule has 0 bridgehead atoms. The molecule has 1 aliphatic carbocycles. The van der Waals surface area contributed by atoms with E-state index in [1.54, 1.807) is 0 Å². The van der Waals surface area contributed by atoms with Gasteiger partial charge in [0, 0.05) is 12.1 Å². The van der Waals surface area contributed by atoms with E-state index in [-0.39, 0.29) is 12.2 Å². The van der Waals surface area contributed by atoms with Crippen LogP contribution in [0.1, 0.15) is 39.5 Å². The molecule has 24 heavy (non-hydrogen) atoms. The Labute approximate surface area is 143 Å². The maximum atomic E-state index is 12.2. The fraction of sp³-hybridized carbons (Fsp3) is 0.526. The molecular formula is C19H25NO4. The molecule has 1 unspecified atom stereocenters. The molecule has 1 aromatic rings. The number of hydrogen-bond donors (Lipinski definition) is 1. The third-order valence-electron chi connectivity index (χ3n) is 4.29. The lowest BCUT2D eigenvalue weighted by atomic mass is 9.92. The smallest absolute Gasteiger partial charge is 0.412 e. The van der Waals surface area contributed by atoms with E-state index in [0.29, 0.717) is 6.61 Å². The minimum atomic E-state index is -0.527. The molecule has 2 aliphatic rings. The Hall–Kier alpha value is -1.85. The Kier molecular flexibility index (Phi) is 5.21. The summed E-state index contributed by atoms with van der Waals surface area (Å²) in [4.78, 5) is 12.2. The van der Waals surface area contributed by atoms with E-state index in [9.17, 15) is 4.79 Å². The van der Waals surface area contributed by atoms with E-state index >= 15 is 0 Å². The highest BCUT2D eigenvalue weighted by atomic mass is 16.7. The van der Waals surface area contributed by atoms with Crippen molar-refractivity contribution >= 4 is 11.8 Å². The van der Waals surface area contributed by atoms with E-state index < -0.39 is 11.9 Å². The lowest BCUT2D eigenvalue weighted by Crippen LogP contribution is -2.28. The number of anilines is 1. The Morgan fingerprint density at radius 2 is 2.12 bits per heavy atom. The fourth-order valence-corrected chi connectivity index (χ4v) is 3.18. The molecule has 2 atom stereocenters. The first-order valence-electron chi connectivity index (χ1n) is 8.55. The van der Waals surface area contributed by atoms with Crippen molar-refractivity contribution in [2.45, 2.75) is 57.5 Å². The van der Waals surface area contributed by atoms with Crippen molar-refractivity contribution in [2.24, 2.45) is 0 Å². The van der Waals surface area contributed by atoms with Gasteiger partial charge in [-0.05, 0) is 50.8 Å². The second-order valence-electron chi connectivity index (χ2n) is 6.75. The van der Waals surface area contributed by atoms with Crippen LogP contribution in [0.4, 0.5) is 10.5 Å². The van der Waals surface area contributed by atoms with Crippen LogP contribution in [-0.4, -0.2) is 30.7 Å². The Bertz CT molecular complexity index is 597. The summed E-state index contributed by atoms with van der Waals surface area (Å²) in [5.41, 5.74) is 1.87. The topological polar surface area (TPSA) is 56.8 Å². The Balaban J connectivity index is 1.56. The quantitative estimate of drug-likeness (QED) is 0.838. The first-order chi connectivity index (χ1) is 11.5. The largest absolute Gasteiger partial charge is 0.441 e. The van der Waals surface area contributed by atoms with Crippen molar-refractivity contribution < 1.29 is 19.0 Å². The summed E-state index contributed by atoms with van der Waals surface area (Å²) < 4.78 is 17.2. The highest BCUT2D eigenvalue weighted by Gasteiger charge is 2.34. The van der Waals surface area contributed by atoms with E-state index in [1.165, 1.54) is 0 Å². The zero-order chi connectivity index (χ0) is 17.0. The summed E-state index contributed by atoms with van der Waals surface area (Å²) in [6, 6.07) is 9.33. The average molecular weight is 331 g/mol. The lowest BCUT2D eigenvalue weighted by Gasteiger charge is -2.26. The molecule has 0 radical (unpaired) electrons. The molecule has 0 aromatic heterocycles. The number of nitrogens with one attached hydrogen (secondary N) is 1. The molecule has 1 amide bonds. The van der Waals surface area contributed by atoms with Gasteiger partial charge in [-0.2, -0.15) is 0 Å². The summed E-state index contributed by atoms with van der Waals surface area (Å²) in [5.74, 6) is -0.527. The van der Waals surface area contributed by atoms with Gasteiger partial charge < -0.3 is 14.2 Å². The molecule has 5 nitrogen and oxygen atoms in total. The van der Waals surface area contributed by atoms with Crippen LogP contribution >= 0.6 is 0 Å². The van der Waals surface area contributed by atoms with Crippen molar-refractivity contribution in [3.05, 3.63) is 42.0 Å². The molecule has 5 heteroatoms. The van der Waals surface area contributed by atoms with Gasteiger partial charge in [-0.1, -0.05) is 24.3 Å². The molecule has 1 fully saturated rings. The minimum Gasteiger partial charge on any atom is -0.441 e. The van der Waals surface area contributed by atoms with Crippen LogP contribution in [0.15, 0.2) is 42.0 Å². The average Bonchev–Trinajstić information content (AvgIpc) is 2.89. The summed E-state index contributed by atoms with van der Waals surface area (Å²) in [6.07, 6.45) is 5.24. The number of rotatable bonds is 4. The number of carbonyl (C=O) groups excluding carboxylic acids is 1. The van der Waals surface area contributed by atoms with Crippen LogP contribution in [0.2, 0.25) is 0 Å². The molecule has 130 valence electrons. The molecule has 1 saturated heterocycles. The third kappa shape index (κ3) is 4.58. The lowest BCUT2D eigenvalue weighted by molar-refractivity contribution is -0.138. The summed E-state index contributed by atoms with van der Waals surface area (Å²) in [7, 11) is 0. The van der Waals surface area contributed by atoms with Gasteiger partial charge in [-0.25, -0.2) is 4.79 Å². The maximum absolute atomic E-state index is 12.2. The molecule has 0 spiro atoms. The second kappa shape index (κ2) is 7.36. The Morgan fingerprint density at radius 3 is 2.83 bits per heavy atom. The minimum absolute atomic E-state index is 0.0210. The third-order valence-corrected chi connectivity index (χ3v) is 4.29. The van der Waals surface area contributed by atoms with Crippen molar-refractivity contribution in [2.75, 3.05) is 11.9 Å². The van der Waals surface area contributed by atoms with E-state index in [4.69, 9.17) is 14.2 Å². The molecular weight excluding hydrogens is 306 g/mol. The summed E-state index contributed by atoms with van der Waals surface area (Å²) in [6.45, 7) is 4.42. The summed E-state index contributed by atoms with van der Waals surface area (Å²) >= 11 is 0. The SMILES string of the molecule is CC1(C)OCC(CC2=CCCC[C@@H]2OC(=O)Nc2ccccc2)O1. The Morgan fingerprint density at radius 1 is 1.33 bits per heavy atom. The highest BCUT2D eigenvalue weighted by molar-refractivity contribution is 5.84. The van der Waals surface area contributed by atoms with Crippen LogP contribution in [0.5, 0.6) is 0 Å². The van der Waals surface area contributed by atoms with Crippen molar-refractivity contribution in [3.63, 3.8) is 0 Å². The van der Waals surface area contributed by atoms with E-state index in [2.05, 4.69) is 11.4 Å². The van der Waals surface area contributed by atoms with Crippen molar-refractivity contribution in [3.8, 4) is 0 Å². The van der Waals surface area contributed by atoms with Gasteiger partial charge in [0.15, 0.2) is 5.79 Å². The molecule has 1 aliphatic heterocycles. The first-order valence-corrected chi connectivity index (χ1v) is 8.55. The molecule has 1 aromatic carbocycles. The number of ether oxygens (including phenoxy) is 3. The predicted octanol–water partition coefficient (Wildman–Crippen LogP) is 4.26. The molecule has 1 N–H and O–H groups in total. The van der Waals surface area contributed by atoms with Gasteiger partial charge in [-0.15, -0.1) is 0 Å². The monoisotopic (exact) mass is 331 g/mol. The van der Waals surface area contributed by atoms with Gasteiger partial charge in [0.05, 0.1) is 12.7 Å². The van der Waals surface area contributed by atoms with Crippen molar-refractivity contribution in [1.29, 1.82) is 0 Å². The van der Waals surface area contributed by atoms with E-state index in [0.717, 1.165) is 36.9 Å². The number of hydrogen-bond acceptors (Lipinski definition) is 4. The van der Waals surface area contributed by atoms with Crippen LogP contribution in [0.25, 0.3) is 0 Å². The molecule has 3 rings (SSSR count). The van der Waals surface area contributed by atoms with Gasteiger partial charge >= 0.3 is 6.09 Å². The normalized spacial score (nSPS) is 25.8. The zero-order valence-electron chi connectivity index (χ0n) is 14.3. The molecule has 0 saturated carbocycles. The van der Waals surface area contributed by atoms with Crippen LogP contribution in [0.3, 0.4) is 0 Å². The van der Waals surface area contributed by atoms with Crippen molar-refractivity contribution in [1.82, 2.24) is 0 Å². The van der Waals surface area contributed by atoms with E-state index in [1.807, 2.05) is 44.2 Å². The van der Waals surface area contributed by atoms with Crippen LogP contribution in [-0.2, 0) is 14.2 Å². The zero-order valence-corrected chi connectivity index (χ0v) is 14.3. The number of carbonyl (C=O) groups is 1. The second-order valence-corrected chi connectivity index (χ2v) is 6.75. The van der Waals surface area contributed by atoms with Crippen LogP contribution < -0.4 is 5.32 Å². The van der Waals surface area contributed by atoms with Gasteiger partial charge in [0.2, 0.25) is 0 Å². The number of benzene rings is 1. The fourth-order valence-electron chi connectivity index (χ4n) is 3.18. The standard InChI is InChI=1S/C19H25NO4/c1-19(2)22-13-16(24-19)12-14-8-6-7-11-17(14)23-18(21)20-15-9-4-3-5-10-15/h3-5,8-10,16-17H,6-7,11-13H2,1-2H3,(H,20,21)/t16?,17-/m0/s1.